The van der Waals surface area contributed by atoms with Crippen LogP contribution < -0.4 is 4.74 Å². The van der Waals surface area contributed by atoms with Gasteiger partial charge in [0.2, 0.25) is 0 Å². The highest BCUT2D eigenvalue weighted by Crippen LogP contribution is 2.37. The molecule has 9 heteroatoms. The highest BCUT2D eigenvalue weighted by atomic mass is 19.1. The van der Waals surface area contributed by atoms with Crippen LogP contribution in [-0.2, 0) is 24.4 Å². The zero-order valence-electron chi connectivity index (χ0n) is 22.1. The van der Waals surface area contributed by atoms with E-state index in [-0.39, 0.29) is 35.8 Å². The second-order valence-corrected chi connectivity index (χ2v) is 10.5. The molecule has 2 aliphatic heterocycles. The Kier molecular flexibility index (Phi) is 7.49. The van der Waals surface area contributed by atoms with Gasteiger partial charge in [0.25, 0.3) is 0 Å². The largest absolute Gasteiger partial charge is 0.485 e. The van der Waals surface area contributed by atoms with Crippen molar-refractivity contribution in [3.63, 3.8) is 0 Å². The number of para-hydroxylation sites is 1. The maximum atomic E-state index is 14.8. The zero-order valence-corrected chi connectivity index (χ0v) is 22.1. The fraction of sp³-hybridized carbons (Fsp3) is 0.355. The van der Waals surface area contributed by atoms with Crippen LogP contribution in [0.3, 0.4) is 0 Å². The molecule has 3 heterocycles. The topological polar surface area (TPSA) is 76.8 Å². The molecule has 2 saturated heterocycles. The lowest BCUT2D eigenvalue weighted by atomic mass is 9.88. The molecule has 0 spiro atoms. The molecular formula is C31H31F2N3O4. The minimum absolute atomic E-state index is 0.0377. The number of carboxylic acids is 1. The molecule has 0 bridgehead atoms. The minimum atomic E-state index is -0.965. The van der Waals surface area contributed by atoms with Crippen molar-refractivity contribution in [2.24, 2.45) is 0 Å². The van der Waals surface area contributed by atoms with Crippen LogP contribution >= 0.6 is 0 Å². The Balaban J connectivity index is 1.16. The Morgan fingerprint density at radius 1 is 1.02 bits per heavy atom. The van der Waals surface area contributed by atoms with Crippen molar-refractivity contribution in [3.8, 4) is 5.75 Å². The normalized spacial score (nSPS) is 18.1. The van der Waals surface area contributed by atoms with E-state index in [1.807, 2.05) is 6.07 Å². The summed E-state index contributed by atoms with van der Waals surface area (Å²) < 4.78 is 42.6. The van der Waals surface area contributed by atoms with E-state index >= 15 is 0 Å². The number of likely N-dealkylation sites (tertiary alicyclic amines) is 1. The third kappa shape index (κ3) is 5.44. The number of piperidine rings is 1. The number of aromatic nitrogens is 2. The number of rotatable bonds is 9. The second kappa shape index (κ2) is 11.3. The van der Waals surface area contributed by atoms with Crippen molar-refractivity contribution in [3.05, 3.63) is 94.8 Å². The van der Waals surface area contributed by atoms with Gasteiger partial charge in [0.05, 0.1) is 35.8 Å². The summed E-state index contributed by atoms with van der Waals surface area (Å²) >= 11 is 0. The van der Waals surface area contributed by atoms with E-state index in [0.717, 1.165) is 61.4 Å². The molecule has 0 radical (unpaired) electrons. The summed E-state index contributed by atoms with van der Waals surface area (Å²) in [6.07, 6.45) is 2.70. The smallest absolute Gasteiger partial charge is 0.335 e. The van der Waals surface area contributed by atoms with Gasteiger partial charge in [0.1, 0.15) is 18.2 Å². The summed E-state index contributed by atoms with van der Waals surface area (Å²) in [4.78, 5) is 18.8. The van der Waals surface area contributed by atoms with E-state index in [2.05, 4.69) is 9.47 Å². The number of hydrogen-bond acceptors (Lipinski definition) is 5. The molecule has 208 valence electrons. The van der Waals surface area contributed by atoms with Gasteiger partial charge in [-0.05, 0) is 68.6 Å². The molecule has 2 aliphatic rings. The predicted octanol–water partition coefficient (Wildman–Crippen LogP) is 5.76. The Morgan fingerprint density at radius 3 is 2.52 bits per heavy atom. The Morgan fingerprint density at radius 2 is 1.80 bits per heavy atom. The molecule has 1 unspecified atom stereocenters. The molecule has 2 fully saturated rings. The average molecular weight is 548 g/mol. The molecular weight excluding hydrogens is 516 g/mol. The highest BCUT2D eigenvalue weighted by molar-refractivity contribution is 5.92. The van der Waals surface area contributed by atoms with Gasteiger partial charge in [-0.3, -0.25) is 4.90 Å². The van der Waals surface area contributed by atoms with Gasteiger partial charge in [-0.25, -0.2) is 18.6 Å². The highest BCUT2D eigenvalue weighted by Gasteiger charge is 2.27. The Bertz CT molecular complexity index is 1530. The monoisotopic (exact) mass is 547 g/mol. The molecule has 0 aliphatic carbocycles. The van der Waals surface area contributed by atoms with Crippen molar-refractivity contribution in [2.45, 2.75) is 51.0 Å². The van der Waals surface area contributed by atoms with Crippen LogP contribution in [0.4, 0.5) is 8.78 Å². The molecule has 0 saturated carbocycles. The molecule has 6 rings (SSSR count). The number of imidazole rings is 1. The minimum Gasteiger partial charge on any atom is -0.485 e. The molecule has 3 aromatic carbocycles. The molecule has 0 amide bonds. The number of fused-ring (bicyclic) bond motifs is 1. The van der Waals surface area contributed by atoms with E-state index < -0.39 is 11.8 Å². The van der Waals surface area contributed by atoms with Crippen molar-refractivity contribution in [2.75, 3.05) is 19.7 Å². The SMILES string of the molecule is O=C(O)c1ccc2nc(CN3CCC(c4cccc(F)c4OCc4ccccc4F)CC3)n(CC3CCO3)c2c1. The van der Waals surface area contributed by atoms with Crippen molar-refractivity contribution in [1.82, 2.24) is 14.5 Å². The van der Waals surface area contributed by atoms with Gasteiger partial charge in [0, 0.05) is 17.7 Å². The maximum absolute atomic E-state index is 14.8. The van der Waals surface area contributed by atoms with Gasteiger partial charge >= 0.3 is 5.97 Å². The van der Waals surface area contributed by atoms with Crippen LogP contribution in [0.15, 0.2) is 60.7 Å². The van der Waals surface area contributed by atoms with E-state index in [0.29, 0.717) is 18.7 Å². The summed E-state index contributed by atoms with van der Waals surface area (Å²) in [5.74, 6) is -0.589. The lowest BCUT2D eigenvalue weighted by molar-refractivity contribution is -0.0592. The first-order valence-corrected chi connectivity index (χ1v) is 13.7. The Labute approximate surface area is 231 Å². The first kappa shape index (κ1) is 26.4. The molecule has 1 aromatic heterocycles. The fourth-order valence-corrected chi connectivity index (χ4v) is 5.63. The molecule has 7 nitrogen and oxygen atoms in total. The molecule has 1 atom stereocenters. The zero-order chi connectivity index (χ0) is 27.6. The van der Waals surface area contributed by atoms with Crippen LogP contribution in [0, 0.1) is 11.6 Å². The standard InChI is InChI=1S/C31H31F2N3O4/c32-25-6-2-1-4-22(25)19-40-30-24(5-3-7-26(30)33)20-10-13-35(14-11-20)18-29-34-27-9-8-21(31(37)38)16-28(27)36(29)17-23-12-15-39-23/h1-9,16,20,23H,10-15,17-19H2,(H,37,38). The lowest BCUT2D eigenvalue weighted by Crippen LogP contribution is -2.35. The summed E-state index contributed by atoms with van der Waals surface area (Å²) in [5.41, 5.74) is 3.00. The van der Waals surface area contributed by atoms with Crippen LogP contribution in [0.5, 0.6) is 5.75 Å². The van der Waals surface area contributed by atoms with Crippen molar-refractivity contribution >= 4 is 17.0 Å². The summed E-state index contributed by atoms with van der Waals surface area (Å²) in [7, 11) is 0. The number of carboxylic acid groups (broad SMARTS) is 1. The average Bonchev–Trinajstić information content (AvgIpc) is 3.27. The van der Waals surface area contributed by atoms with Gasteiger partial charge in [-0.1, -0.05) is 30.3 Å². The van der Waals surface area contributed by atoms with Crippen molar-refractivity contribution < 1.29 is 28.2 Å². The predicted molar refractivity (Wildman–Crippen MR) is 145 cm³/mol. The maximum Gasteiger partial charge on any atom is 0.335 e. The molecule has 1 N–H and O–H groups in total. The van der Waals surface area contributed by atoms with E-state index in [1.54, 1.807) is 42.5 Å². The molecule has 40 heavy (non-hydrogen) atoms. The lowest BCUT2D eigenvalue weighted by Gasteiger charge is -2.33. The number of ether oxygens (including phenoxy) is 2. The quantitative estimate of drug-likeness (QED) is 0.287. The van der Waals surface area contributed by atoms with Gasteiger partial charge in [0.15, 0.2) is 11.6 Å². The summed E-state index contributed by atoms with van der Waals surface area (Å²) in [6.45, 7) is 3.54. The number of nitrogens with zero attached hydrogens (tertiary/aromatic N) is 3. The third-order valence-corrected chi connectivity index (χ3v) is 7.97. The fourth-order valence-electron chi connectivity index (χ4n) is 5.63. The van der Waals surface area contributed by atoms with Crippen molar-refractivity contribution in [1.29, 1.82) is 0 Å². The van der Waals surface area contributed by atoms with E-state index in [9.17, 15) is 18.7 Å². The first-order chi connectivity index (χ1) is 19.5. The Hall–Kier alpha value is -3.82. The van der Waals surface area contributed by atoms with Crippen LogP contribution in [-0.4, -0.2) is 51.3 Å². The number of halogens is 2. The number of aromatic carboxylic acids is 1. The summed E-state index contributed by atoms with van der Waals surface area (Å²) in [6, 6.07) is 16.4. The van der Waals surface area contributed by atoms with Crippen LogP contribution in [0.1, 0.15) is 52.5 Å². The van der Waals surface area contributed by atoms with Gasteiger partial charge in [-0.2, -0.15) is 0 Å². The van der Waals surface area contributed by atoms with Crippen LogP contribution in [0.2, 0.25) is 0 Å². The van der Waals surface area contributed by atoms with E-state index in [4.69, 9.17) is 14.5 Å². The van der Waals surface area contributed by atoms with Gasteiger partial charge < -0.3 is 19.1 Å². The van der Waals surface area contributed by atoms with E-state index in [1.165, 1.54) is 12.1 Å². The third-order valence-electron chi connectivity index (χ3n) is 7.97. The summed E-state index contributed by atoms with van der Waals surface area (Å²) in [5, 5.41) is 9.49. The first-order valence-electron chi connectivity index (χ1n) is 13.7. The number of benzene rings is 3. The number of carbonyl (C=O) groups is 1. The van der Waals surface area contributed by atoms with Crippen LogP contribution in [0.25, 0.3) is 11.0 Å². The van der Waals surface area contributed by atoms with Gasteiger partial charge in [-0.15, -0.1) is 0 Å². The number of hydrogen-bond donors (Lipinski definition) is 1. The molecule has 4 aromatic rings. The second-order valence-electron chi connectivity index (χ2n) is 10.5.